The van der Waals surface area contributed by atoms with E-state index in [0.717, 1.165) is 49.9 Å². The third-order valence-electron chi connectivity index (χ3n) is 10.1. The zero-order chi connectivity index (χ0) is 34.4. The normalized spacial score (nSPS) is 11.5. The van der Waals surface area contributed by atoms with Crippen molar-refractivity contribution in [2.45, 2.75) is 0 Å². The average molecular weight is 665 g/mol. The Balaban J connectivity index is 1.10. The number of fused-ring (bicyclic) bond motifs is 5. The lowest BCUT2D eigenvalue weighted by Crippen LogP contribution is -2.09. The lowest BCUT2D eigenvalue weighted by molar-refractivity contribution is 0.669. The first-order valence-corrected chi connectivity index (χ1v) is 17.6. The molecule has 3 nitrogen and oxygen atoms in total. The average Bonchev–Trinajstić information content (AvgIpc) is 3.57. The second kappa shape index (κ2) is 12.4. The summed E-state index contributed by atoms with van der Waals surface area (Å²) in [5.74, 6) is 0. The Morgan fingerprint density at radius 3 is 1.71 bits per heavy atom. The van der Waals surface area contributed by atoms with Gasteiger partial charge in [0.2, 0.25) is 0 Å². The molecule has 0 amide bonds. The molecule has 0 aliphatic rings. The third-order valence-corrected chi connectivity index (χ3v) is 10.1. The highest BCUT2D eigenvalue weighted by molar-refractivity contribution is 6.10. The van der Waals surface area contributed by atoms with Crippen LogP contribution in [0.25, 0.3) is 77.0 Å². The molecule has 3 heteroatoms. The summed E-state index contributed by atoms with van der Waals surface area (Å²) in [6.45, 7) is 0. The molecule has 0 N–H and O–H groups in total. The standard InChI is InChI=1S/C49H32N2O/c1-3-10-33(11-4-1)35-17-21-40(22-18-35)51(42-25-26-44-46-29-38-15-9-27-50-47(38)32-49(46)52-48(44)31-42)41-23-19-36(20-24-41)45-30-39(34-12-5-2-6-13-34)28-37-14-7-8-16-43(37)45/h1-32H. The molecular weight excluding hydrogens is 633 g/mol. The number of aromatic nitrogens is 1. The topological polar surface area (TPSA) is 29.3 Å². The summed E-state index contributed by atoms with van der Waals surface area (Å²) in [5, 5.41) is 5.75. The minimum Gasteiger partial charge on any atom is -0.456 e. The van der Waals surface area contributed by atoms with Crippen LogP contribution in [0, 0.1) is 0 Å². The van der Waals surface area contributed by atoms with Crippen LogP contribution in [0.15, 0.2) is 199 Å². The van der Waals surface area contributed by atoms with E-state index in [1.807, 2.05) is 18.3 Å². The fraction of sp³-hybridized carbons (Fsp3) is 0. The van der Waals surface area contributed by atoms with Crippen LogP contribution in [0.2, 0.25) is 0 Å². The second-order valence-corrected chi connectivity index (χ2v) is 13.2. The predicted molar refractivity (Wildman–Crippen MR) is 218 cm³/mol. The minimum absolute atomic E-state index is 0.839. The van der Waals surface area contributed by atoms with Gasteiger partial charge in [0.15, 0.2) is 0 Å². The maximum atomic E-state index is 6.50. The van der Waals surface area contributed by atoms with E-state index in [-0.39, 0.29) is 0 Å². The summed E-state index contributed by atoms with van der Waals surface area (Å²) in [7, 11) is 0. The lowest BCUT2D eigenvalue weighted by Gasteiger charge is -2.26. The van der Waals surface area contributed by atoms with Crippen molar-refractivity contribution >= 4 is 60.7 Å². The Hall–Kier alpha value is -6.97. The summed E-state index contributed by atoms with van der Waals surface area (Å²) in [5.41, 5.74) is 12.9. The number of pyridine rings is 1. The van der Waals surface area contributed by atoms with Crippen LogP contribution < -0.4 is 4.90 Å². The first-order valence-electron chi connectivity index (χ1n) is 17.6. The van der Waals surface area contributed by atoms with E-state index in [1.165, 1.54) is 44.2 Å². The third kappa shape index (κ3) is 5.28. The Labute approximate surface area is 301 Å². The molecule has 0 atom stereocenters. The molecule has 2 heterocycles. The molecule has 52 heavy (non-hydrogen) atoms. The smallest absolute Gasteiger partial charge is 0.137 e. The molecule has 0 unspecified atom stereocenters. The van der Waals surface area contributed by atoms with E-state index in [0.29, 0.717) is 0 Å². The fourth-order valence-corrected chi connectivity index (χ4v) is 7.49. The molecule has 0 spiro atoms. The van der Waals surface area contributed by atoms with Crippen molar-refractivity contribution in [2.75, 3.05) is 4.90 Å². The van der Waals surface area contributed by atoms with Crippen molar-refractivity contribution in [3.63, 3.8) is 0 Å². The van der Waals surface area contributed by atoms with E-state index in [1.54, 1.807) is 0 Å². The largest absolute Gasteiger partial charge is 0.456 e. The molecule has 244 valence electrons. The van der Waals surface area contributed by atoms with Gasteiger partial charge in [0, 0.05) is 51.6 Å². The second-order valence-electron chi connectivity index (χ2n) is 13.2. The van der Waals surface area contributed by atoms with Crippen molar-refractivity contribution in [3.8, 4) is 33.4 Å². The van der Waals surface area contributed by atoms with E-state index < -0.39 is 0 Å². The highest BCUT2D eigenvalue weighted by atomic mass is 16.3. The maximum Gasteiger partial charge on any atom is 0.137 e. The zero-order valence-corrected chi connectivity index (χ0v) is 28.3. The number of furan rings is 1. The van der Waals surface area contributed by atoms with Crippen LogP contribution in [0.5, 0.6) is 0 Å². The van der Waals surface area contributed by atoms with Gasteiger partial charge in [-0.05, 0) is 105 Å². The van der Waals surface area contributed by atoms with Crippen LogP contribution >= 0.6 is 0 Å². The molecule has 2 aromatic heterocycles. The summed E-state index contributed by atoms with van der Waals surface area (Å²) in [6.07, 6.45) is 1.82. The minimum atomic E-state index is 0.839. The predicted octanol–water partition coefficient (Wildman–Crippen LogP) is 13.8. The molecule has 10 rings (SSSR count). The Bertz CT molecular complexity index is 2880. The van der Waals surface area contributed by atoms with Gasteiger partial charge in [0.25, 0.3) is 0 Å². The van der Waals surface area contributed by atoms with Crippen LogP contribution in [-0.2, 0) is 0 Å². The van der Waals surface area contributed by atoms with Crippen molar-refractivity contribution in [3.05, 3.63) is 194 Å². The van der Waals surface area contributed by atoms with Crippen LogP contribution in [0.4, 0.5) is 17.1 Å². The van der Waals surface area contributed by atoms with Gasteiger partial charge in [-0.25, -0.2) is 0 Å². The molecule has 0 saturated heterocycles. The van der Waals surface area contributed by atoms with Crippen LogP contribution in [0.3, 0.4) is 0 Å². The summed E-state index contributed by atoms with van der Waals surface area (Å²) < 4.78 is 6.50. The number of nitrogens with zero attached hydrogens (tertiary/aromatic N) is 2. The van der Waals surface area contributed by atoms with Gasteiger partial charge in [-0.3, -0.25) is 4.98 Å². The molecular formula is C49H32N2O. The maximum absolute atomic E-state index is 6.50. The number of anilines is 3. The van der Waals surface area contributed by atoms with Crippen LogP contribution in [-0.4, -0.2) is 4.98 Å². The van der Waals surface area contributed by atoms with Gasteiger partial charge >= 0.3 is 0 Å². The lowest BCUT2D eigenvalue weighted by atomic mass is 9.93. The van der Waals surface area contributed by atoms with Crippen LogP contribution in [0.1, 0.15) is 0 Å². The van der Waals surface area contributed by atoms with E-state index in [4.69, 9.17) is 4.42 Å². The Morgan fingerprint density at radius 1 is 0.365 bits per heavy atom. The SMILES string of the molecule is c1ccc(-c2ccc(N(c3ccc(-c4cc(-c5ccccc5)cc5ccccc45)cc3)c3ccc4c(c3)oc3cc5ncccc5cc34)cc2)cc1. The Kier molecular flexibility index (Phi) is 7.14. The number of rotatable bonds is 6. The van der Waals surface area contributed by atoms with Gasteiger partial charge in [-0.15, -0.1) is 0 Å². The van der Waals surface area contributed by atoms with Crippen molar-refractivity contribution in [1.29, 1.82) is 0 Å². The van der Waals surface area contributed by atoms with Crippen molar-refractivity contribution in [2.24, 2.45) is 0 Å². The van der Waals surface area contributed by atoms with Crippen molar-refractivity contribution < 1.29 is 4.42 Å². The highest BCUT2D eigenvalue weighted by Gasteiger charge is 2.17. The first-order chi connectivity index (χ1) is 25.7. The number of hydrogen-bond donors (Lipinski definition) is 0. The fourth-order valence-electron chi connectivity index (χ4n) is 7.49. The zero-order valence-electron chi connectivity index (χ0n) is 28.3. The molecule has 0 radical (unpaired) electrons. The molecule has 0 bridgehead atoms. The summed E-state index contributed by atoms with van der Waals surface area (Å²) in [4.78, 5) is 6.86. The molecule has 10 aromatic rings. The quantitative estimate of drug-likeness (QED) is 0.177. The van der Waals surface area contributed by atoms with E-state index >= 15 is 0 Å². The molecule has 0 saturated carbocycles. The van der Waals surface area contributed by atoms with Gasteiger partial charge < -0.3 is 9.32 Å². The van der Waals surface area contributed by atoms with Gasteiger partial charge in [0.05, 0.1) is 5.52 Å². The molecule has 0 aliphatic heterocycles. The van der Waals surface area contributed by atoms with E-state index in [2.05, 4.69) is 186 Å². The van der Waals surface area contributed by atoms with Crippen molar-refractivity contribution in [1.82, 2.24) is 4.98 Å². The monoisotopic (exact) mass is 664 g/mol. The number of benzene rings is 8. The summed E-state index contributed by atoms with van der Waals surface area (Å²) >= 11 is 0. The summed E-state index contributed by atoms with van der Waals surface area (Å²) in [6, 6.07) is 67.0. The number of hydrogen-bond acceptors (Lipinski definition) is 3. The van der Waals surface area contributed by atoms with E-state index in [9.17, 15) is 0 Å². The first kappa shape index (κ1) is 29.9. The van der Waals surface area contributed by atoms with Gasteiger partial charge in [-0.2, -0.15) is 0 Å². The molecule has 0 aliphatic carbocycles. The molecule has 8 aromatic carbocycles. The van der Waals surface area contributed by atoms with Gasteiger partial charge in [0.1, 0.15) is 11.2 Å². The Morgan fingerprint density at radius 2 is 0.962 bits per heavy atom. The van der Waals surface area contributed by atoms with Gasteiger partial charge in [-0.1, -0.05) is 115 Å². The molecule has 0 fully saturated rings. The highest BCUT2D eigenvalue weighted by Crippen LogP contribution is 2.41.